The van der Waals surface area contributed by atoms with Crippen molar-refractivity contribution >= 4 is 33.7 Å². The largest absolute Gasteiger partial charge is 0.297 e. The van der Waals surface area contributed by atoms with Crippen molar-refractivity contribution in [1.82, 2.24) is 9.97 Å². The van der Waals surface area contributed by atoms with Gasteiger partial charge in [0.25, 0.3) is 5.91 Å². The molecule has 0 aliphatic carbocycles. The number of rotatable bonds is 4. The molecule has 3 rings (SSSR count). The van der Waals surface area contributed by atoms with Crippen molar-refractivity contribution in [3.63, 3.8) is 0 Å². The van der Waals surface area contributed by atoms with Crippen LogP contribution in [-0.2, 0) is 11.8 Å². The van der Waals surface area contributed by atoms with Crippen LogP contribution in [0.15, 0.2) is 29.6 Å². The minimum Gasteiger partial charge on any atom is -0.297 e. The van der Waals surface area contributed by atoms with Crippen LogP contribution in [-0.4, -0.2) is 15.9 Å². The SMILES string of the molecule is CCc1ccc(-c2nc(C)c(C(=O)Nc3nc(C(C)(C)C)cs3)s2)cc1. The molecule has 0 saturated heterocycles. The molecule has 136 valence electrons. The quantitative estimate of drug-likeness (QED) is 0.628. The predicted molar refractivity (Wildman–Crippen MR) is 110 cm³/mol. The molecule has 0 aliphatic heterocycles. The Balaban J connectivity index is 1.79. The summed E-state index contributed by atoms with van der Waals surface area (Å²) in [5.41, 5.74) is 4.03. The molecule has 2 heterocycles. The van der Waals surface area contributed by atoms with Gasteiger partial charge in [0.15, 0.2) is 5.13 Å². The molecule has 0 bridgehead atoms. The zero-order valence-corrected chi connectivity index (χ0v) is 17.3. The van der Waals surface area contributed by atoms with E-state index in [-0.39, 0.29) is 11.3 Å². The van der Waals surface area contributed by atoms with Crippen LogP contribution in [0.4, 0.5) is 5.13 Å². The first-order valence-electron chi connectivity index (χ1n) is 8.62. The standard InChI is InChI=1S/C20H23N3OS2/c1-6-13-7-9-14(10-8-13)18-21-12(2)16(26-18)17(24)23-19-22-15(11-25-19)20(3,4)5/h7-11H,6H2,1-5H3,(H,22,23,24). The molecule has 0 radical (unpaired) electrons. The highest BCUT2D eigenvalue weighted by Gasteiger charge is 2.20. The van der Waals surface area contributed by atoms with Gasteiger partial charge in [-0.15, -0.1) is 22.7 Å². The summed E-state index contributed by atoms with van der Waals surface area (Å²) in [6.07, 6.45) is 1.01. The smallest absolute Gasteiger partial charge is 0.269 e. The van der Waals surface area contributed by atoms with Crippen LogP contribution in [0.2, 0.25) is 0 Å². The molecule has 3 aromatic rings. The van der Waals surface area contributed by atoms with Gasteiger partial charge in [-0.3, -0.25) is 10.1 Å². The number of carbonyl (C=O) groups is 1. The van der Waals surface area contributed by atoms with Crippen LogP contribution < -0.4 is 5.32 Å². The molecule has 0 fully saturated rings. The second-order valence-electron chi connectivity index (χ2n) is 7.23. The van der Waals surface area contributed by atoms with Gasteiger partial charge in [0.1, 0.15) is 9.88 Å². The first kappa shape index (κ1) is 18.7. The van der Waals surface area contributed by atoms with Gasteiger partial charge in [-0.1, -0.05) is 52.0 Å². The van der Waals surface area contributed by atoms with E-state index in [1.807, 2.05) is 12.3 Å². The van der Waals surface area contributed by atoms with Gasteiger partial charge in [-0.05, 0) is 18.9 Å². The highest BCUT2D eigenvalue weighted by Crippen LogP contribution is 2.30. The fraction of sp³-hybridized carbons (Fsp3) is 0.350. The first-order chi connectivity index (χ1) is 12.3. The number of thiazole rings is 2. The third-order valence-corrected chi connectivity index (χ3v) is 6.07. The van der Waals surface area contributed by atoms with Gasteiger partial charge in [0, 0.05) is 16.4 Å². The van der Waals surface area contributed by atoms with E-state index in [4.69, 9.17) is 0 Å². The van der Waals surface area contributed by atoms with Gasteiger partial charge >= 0.3 is 0 Å². The normalized spacial score (nSPS) is 11.6. The molecule has 0 atom stereocenters. The molecule has 1 amide bonds. The third-order valence-electron chi connectivity index (χ3n) is 4.11. The average Bonchev–Trinajstić information content (AvgIpc) is 3.21. The van der Waals surface area contributed by atoms with Gasteiger partial charge in [-0.2, -0.15) is 0 Å². The summed E-state index contributed by atoms with van der Waals surface area (Å²) in [6, 6.07) is 8.34. The number of nitrogens with zero attached hydrogens (tertiary/aromatic N) is 2. The lowest BCUT2D eigenvalue weighted by Gasteiger charge is -2.14. The van der Waals surface area contributed by atoms with Crippen LogP contribution in [0.1, 0.15) is 54.3 Å². The summed E-state index contributed by atoms with van der Waals surface area (Å²) in [6.45, 7) is 10.3. The average molecular weight is 386 g/mol. The van der Waals surface area contributed by atoms with Crippen molar-refractivity contribution in [2.24, 2.45) is 0 Å². The van der Waals surface area contributed by atoms with Crippen molar-refractivity contribution < 1.29 is 4.79 Å². The van der Waals surface area contributed by atoms with Gasteiger partial charge in [0.2, 0.25) is 0 Å². The Morgan fingerprint density at radius 3 is 2.42 bits per heavy atom. The Hall–Kier alpha value is -2.05. The Labute approximate surface area is 162 Å². The number of amides is 1. The lowest BCUT2D eigenvalue weighted by Crippen LogP contribution is -2.14. The Morgan fingerprint density at radius 2 is 1.85 bits per heavy atom. The molecule has 0 saturated carbocycles. The first-order valence-corrected chi connectivity index (χ1v) is 10.3. The molecule has 26 heavy (non-hydrogen) atoms. The van der Waals surface area contributed by atoms with Crippen LogP contribution in [0.5, 0.6) is 0 Å². The van der Waals surface area contributed by atoms with Crippen LogP contribution in [0, 0.1) is 6.92 Å². The molecule has 4 nitrogen and oxygen atoms in total. The molecule has 6 heteroatoms. The third kappa shape index (κ3) is 4.02. The highest BCUT2D eigenvalue weighted by atomic mass is 32.1. The maximum absolute atomic E-state index is 12.7. The van der Waals surface area contributed by atoms with E-state index in [2.05, 4.69) is 67.2 Å². The van der Waals surface area contributed by atoms with Gasteiger partial charge in [0.05, 0.1) is 11.4 Å². The number of hydrogen-bond acceptors (Lipinski definition) is 5. The number of carbonyl (C=O) groups excluding carboxylic acids is 1. The van der Waals surface area contributed by atoms with Gasteiger partial charge in [-0.25, -0.2) is 9.97 Å². The molecule has 0 unspecified atom stereocenters. The summed E-state index contributed by atoms with van der Waals surface area (Å²) < 4.78 is 0. The summed E-state index contributed by atoms with van der Waals surface area (Å²) >= 11 is 2.87. The Bertz CT molecular complexity index is 917. The van der Waals surface area contributed by atoms with E-state index in [1.165, 1.54) is 28.2 Å². The molecule has 0 spiro atoms. The lowest BCUT2D eigenvalue weighted by atomic mass is 9.93. The van der Waals surface area contributed by atoms with Crippen molar-refractivity contribution in [3.8, 4) is 10.6 Å². The minimum atomic E-state index is -0.147. The molecular weight excluding hydrogens is 362 g/mol. The minimum absolute atomic E-state index is 0.0301. The van der Waals surface area contributed by atoms with Crippen molar-refractivity contribution in [1.29, 1.82) is 0 Å². The number of benzene rings is 1. The number of aromatic nitrogens is 2. The van der Waals surface area contributed by atoms with Gasteiger partial charge < -0.3 is 0 Å². The zero-order chi connectivity index (χ0) is 18.9. The van der Waals surface area contributed by atoms with E-state index in [0.29, 0.717) is 10.0 Å². The molecule has 1 aromatic carbocycles. The van der Waals surface area contributed by atoms with Crippen molar-refractivity contribution in [2.45, 2.75) is 46.5 Å². The Kier molecular flexibility index (Phi) is 5.25. The zero-order valence-electron chi connectivity index (χ0n) is 15.7. The maximum atomic E-state index is 12.7. The second-order valence-corrected chi connectivity index (χ2v) is 9.08. The summed E-state index contributed by atoms with van der Waals surface area (Å²) in [7, 11) is 0. The Morgan fingerprint density at radius 1 is 1.15 bits per heavy atom. The molecular formula is C20H23N3OS2. The molecule has 1 N–H and O–H groups in total. The van der Waals surface area contributed by atoms with E-state index >= 15 is 0 Å². The second kappa shape index (κ2) is 7.29. The van der Waals surface area contributed by atoms with E-state index < -0.39 is 0 Å². The number of anilines is 1. The van der Waals surface area contributed by atoms with Crippen LogP contribution >= 0.6 is 22.7 Å². The monoisotopic (exact) mass is 385 g/mol. The lowest BCUT2D eigenvalue weighted by molar-refractivity contribution is 0.102. The van der Waals surface area contributed by atoms with Crippen LogP contribution in [0.3, 0.4) is 0 Å². The predicted octanol–water partition coefficient (Wildman–Crippen LogP) is 5.69. The van der Waals surface area contributed by atoms with Crippen molar-refractivity contribution in [2.75, 3.05) is 5.32 Å². The summed E-state index contributed by atoms with van der Waals surface area (Å²) in [5.74, 6) is -0.147. The number of nitrogens with one attached hydrogen (secondary N) is 1. The fourth-order valence-electron chi connectivity index (χ4n) is 2.44. The molecule has 0 aliphatic rings. The number of aryl methyl sites for hydroxylation is 2. The van der Waals surface area contributed by atoms with E-state index in [0.717, 1.165) is 28.4 Å². The highest BCUT2D eigenvalue weighted by molar-refractivity contribution is 7.17. The fourth-order valence-corrected chi connectivity index (χ4v) is 4.34. The number of hydrogen-bond donors (Lipinski definition) is 1. The topological polar surface area (TPSA) is 54.9 Å². The molecule has 2 aromatic heterocycles. The van der Waals surface area contributed by atoms with E-state index in [9.17, 15) is 4.79 Å². The van der Waals surface area contributed by atoms with E-state index in [1.54, 1.807) is 0 Å². The van der Waals surface area contributed by atoms with Crippen molar-refractivity contribution in [3.05, 3.63) is 51.5 Å². The summed E-state index contributed by atoms with van der Waals surface area (Å²) in [5, 5.41) is 6.40. The summed E-state index contributed by atoms with van der Waals surface area (Å²) in [4.78, 5) is 22.4. The van der Waals surface area contributed by atoms with Crippen LogP contribution in [0.25, 0.3) is 10.6 Å². The maximum Gasteiger partial charge on any atom is 0.269 e.